The predicted octanol–water partition coefficient (Wildman–Crippen LogP) is 4.58. The van der Waals surface area contributed by atoms with Crippen molar-refractivity contribution in [2.45, 2.75) is 13.8 Å². The topological polar surface area (TPSA) is 81.7 Å². The quantitative estimate of drug-likeness (QED) is 0.669. The van der Waals surface area contributed by atoms with E-state index in [1.807, 2.05) is 19.9 Å². The van der Waals surface area contributed by atoms with E-state index in [0.29, 0.717) is 28.1 Å². The minimum absolute atomic E-state index is 0.405. The van der Waals surface area contributed by atoms with Crippen molar-refractivity contribution in [1.82, 2.24) is 4.98 Å². The van der Waals surface area contributed by atoms with Gasteiger partial charge in [0.1, 0.15) is 0 Å². The van der Waals surface area contributed by atoms with Crippen LogP contribution in [-0.2, 0) is 0 Å². The molecule has 2 amide bonds. The summed E-state index contributed by atoms with van der Waals surface area (Å²) in [6.45, 7) is 4.06. The number of fused-ring (bicyclic) bond motifs is 1. The summed E-state index contributed by atoms with van der Waals surface area (Å²) < 4.78 is 16.9. The van der Waals surface area contributed by atoms with Crippen molar-refractivity contribution in [1.29, 1.82) is 0 Å². The average Bonchev–Trinajstić information content (AvgIpc) is 3.03. The second kappa shape index (κ2) is 7.71. The van der Waals surface area contributed by atoms with Crippen molar-refractivity contribution in [3.8, 4) is 17.2 Å². The number of carbonyl (C=O) groups excluding carboxylic acids is 1. The number of carbonyl (C=O) groups is 1. The maximum Gasteiger partial charge on any atom is 0.325 e. The van der Waals surface area contributed by atoms with E-state index < -0.39 is 6.03 Å². The molecule has 0 atom stereocenters. The standard InChI is InChI=1S/C19H21N3O4S/c1-10-6-11(2)17-13(7-10)21-19(27-17)22-18(23)20-12-8-14(24-3)16(26-5)15(9-12)25-4/h6-9H,1-5H3,(H2,20,21,22,23). The minimum Gasteiger partial charge on any atom is -0.493 e. The molecule has 8 heteroatoms. The van der Waals surface area contributed by atoms with Gasteiger partial charge in [-0.05, 0) is 31.0 Å². The lowest BCUT2D eigenvalue weighted by Crippen LogP contribution is -2.19. The molecule has 3 rings (SSSR count). The number of hydrogen-bond donors (Lipinski definition) is 2. The van der Waals surface area contributed by atoms with Gasteiger partial charge in [0.05, 0.1) is 37.2 Å². The zero-order valence-electron chi connectivity index (χ0n) is 15.8. The number of aryl methyl sites for hydroxylation is 2. The van der Waals surface area contributed by atoms with Crippen LogP contribution in [0.5, 0.6) is 17.2 Å². The fourth-order valence-corrected chi connectivity index (χ4v) is 3.75. The first kappa shape index (κ1) is 18.8. The lowest BCUT2D eigenvalue weighted by atomic mass is 10.1. The van der Waals surface area contributed by atoms with Gasteiger partial charge >= 0.3 is 6.03 Å². The number of benzene rings is 2. The Labute approximate surface area is 161 Å². The van der Waals surface area contributed by atoms with Crippen molar-refractivity contribution >= 4 is 38.4 Å². The highest BCUT2D eigenvalue weighted by molar-refractivity contribution is 7.22. The minimum atomic E-state index is -0.405. The van der Waals surface area contributed by atoms with Crippen molar-refractivity contribution < 1.29 is 19.0 Å². The largest absolute Gasteiger partial charge is 0.493 e. The Bertz CT molecular complexity index is 975. The first-order valence-electron chi connectivity index (χ1n) is 8.21. The molecule has 0 radical (unpaired) electrons. The molecule has 0 saturated heterocycles. The first-order chi connectivity index (χ1) is 12.9. The summed E-state index contributed by atoms with van der Waals surface area (Å²) in [5, 5.41) is 6.07. The zero-order chi connectivity index (χ0) is 19.6. The second-order valence-corrected chi connectivity index (χ2v) is 6.94. The Kier molecular flexibility index (Phi) is 5.36. The summed E-state index contributed by atoms with van der Waals surface area (Å²) in [7, 11) is 4.57. The highest BCUT2D eigenvalue weighted by Crippen LogP contribution is 2.40. The fourth-order valence-electron chi connectivity index (χ4n) is 2.84. The summed E-state index contributed by atoms with van der Waals surface area (Å²) >= 11 is 1.44. The van der Waals surface area contributed by atoms with Crippen LogP contribution in [0.4, 0.5) is 15.6 Å². The van der Waals surface area contributed by atoms with Gasteiger partial charge in [-0.1, -0.05) is 17.4 Å². The molecule has 2 N–H and O–H groups in total. The van der Waals surface area contributed by atoms with Gasteiger partial charge in [-0.25, -0.2) is 9.78 Å². The van der Waals surface area contributed by atoms with E-state index >= 15 is 0 Å². The Balaban J connectivity index is 1.81. The fraction of sp³-hybridized carbons (Fsp3) is 0.263. The Hall–Kier alpha value is -3.00. The van der Waals surface area contributed by atoms with Crippen molar-refractivity contribution in [3.63, 3.8) is 0 Å². The Morgan fingerprint density at radius 3 is 2.22 bits per heavy atom. The molecule has 0 aliphatic rings. The molecule has 7 nitrogen and oxygen atoms in total. The molecule has 0 unspecified atom stereocenters. The van der Waals surface area contributed by atoms with Crippen LogP contribution in [0.2, 0.25) is 0 Å². The molecule has 0 saturated carbocycles. The van der Waals surface area contributed by atoms with Gasteiger partial charge in [0, 0.05) is 12.1 Å². The van der Waals surface area contributed by atoms with E-state index in [1.54, 1.807) is 12.1 Å². The van der Waals surface area contributed by atoms with Gasteiger partial charge in [0.15, 0.2) is 16.6 Å². The normalized spacial score (nSPS) is 10.6. The number of aromatic nitrogens is 1. The van der Waals surface area contributed by atoms with Crippen LogP contribution >= 0.6 is 11.3 Å². The Morgan fingerprint density at radius 1 is 0.963 bits per heavy atom. The molecule has 142 valence electrons. The zero-order valence-corrected chi connectivity index (χ0v) is 16.6. The number of nitrogens with one attached hydrogen (secondary N) is 2. The number of nitrogens with zero attached hydrogens (tertiary/aromatic N) is 1. The van der Waals surface area contributed by atoms with E-state index in [2.05, 4.69) is 21.7 Å². The third-order valence-corrected chi connectivity index (χ3v) is 5.09. The first-order valence-corrected chi connectivity index (χ1v) is 9.02. The van der Waals surface area contributed by atoms with Crippen LogP contribution < -0.4 is 24.8 Å². The van der Waals surface area contributed by atoms with Gasteiger partial charge in [0.25, 0.3) is 0 Å². The van der Waals surface area contributed by atoms with Gasteiger partial charge in [-0.15, -0.1) is 0 Å². The molecule has 0 fully saturated rings. The van der Waals surface area contributed by atoms with Crippen molar-refractivity contribution in [2.75, 3.05) is 32.0 Å². The molecule has 2 aromatic carbocycles. The molecule has 0 aliphatic carbocycles. The lowest BCUT2D eigenvalue weighted by molar-refractivity contribution is 0.262. The number of methoxy groups -OCH3 is 3. The summed E-state index contributed by atoms with van der Waals surface area (Å²) in [5.74, 6) is 1.37. The second-order valence-electron chi connectivity index (χ2n) is 5.94. The monoisotopic (exact) mass is 387 g/mol. The summed E-state index contributed by atoms with van der Waals surface area (Å²) in [6.07, 6.45) is 0. The van der Waals surface area contributed by atoms with Crippen molar-refractivity contribution in [2.24, 2.45) is 0 Å². The molecular weight excluding hydrogens is 366 g/mol. The molecule has 27 heavy (non-hydrogen) atoms. The number of amides is 2. The molecule has 1 aromatic heterocycles. The van der Waals surface area contributed by atoms with E-state index in [9.17, 15) is 4.79 Å². The van der Waals surface area contributed by atoms with E-state index in [4.69, 9.17) is 14.2 Å². The summed E-state index contributed by atoms with van der Waals surface area (Å²) in [5.41, 5.74) is 3.66. The molecule has 1 heterocycles. The van der Waals surface area contributed by atoms with Gasteiger partial charge in [-0.2, -0.15) is 0 Å². The number of rotatable bonds is 5. The van der Waals surface area contributed by atoms with E-state index in [0.717, 1.165) is 21.3 Å². The van der Waals surface area contributed by atoms with Gasteiger partial charge < -0.3 is 19.5 Å². The molecule has 0 aliphatic heterocycles. The van der Waals surface area contributed by atoms with E-state index in [1.165, 1.54) is 32.7 Å². The molecule has 0 spiro atoms. The van der Waals surface area contributed by atoms with Crippen LogP contribution in [0.1, 0.15) is 11.1 Å². The Morgan fingerprint density at radius 2 is 1.63 bits per heavy atom. The number of thiazole rings is 1. The van der Waals surface area contributed by atoms with Crippen LogP contribution in [0.25, 0.3) is 10.2 Å². The van der Waals surface area contributed by atoms with Crippen molar-refractivity contribution in [3.05, 3.63) is 35.4 Å². The molecular formula is C19H21N3O4S. The third kappa shape index (κ3) is 3.90. The number of ether oxygens (including phenoxy) is 3. The predicted molar refractivity (Wildman–Crippen MR) is 108 cm³/mol. The van der Waals surface area contributed by atoms with E-state index in [-0.39, 0.29) is 0 Å². The molecule has 0 bridgehead atoms. The highest BCUT2D eigenvalue weighted by atomic mass is 32.1. The average molecular weight is 387 g/mol. The summed E-state index contributed by atoms with van der Waals surface area (Å²) in [4.78, 5) is 16.9. The third-order valence-electron chi connectivity index (χ3n) is 3.96. The number of anilines is 2. The molecule has 3 aromatic rings. The van der Waals surface area contributed by atoms with Gasteiger partial charge in [-0.3, -0.25) is 5.32 Å². The number of hydrogen-bond acceptors (Lipinski definition) is 6. The smallest absolute Gasteiger partial charge is 0.325 e. The maximum absolute atomic E-state index is 12.4. The SMILES string of the molecule is COc1cc(NC(=O)Nc2nc3cc(C)cc(C)c3s2)cc(OC)c1OC. The number of urea groups is 1. The maximum atomic E-state index is 12.4. The highest BCUT2D eigenvalue weighted by Gasteiger charge is 2.15. The van der Waals surface area contributed by atoms with Crippen LogP contribution in [-0.4, -0.2) is 32.3 Å². The summed E-state index contributed by atoms with van der Waals surface area (Å²) in [6, 6.07) is 7.01. The lowest BCUT2D eigenvalue weighted by Gasteiger charge is -2.14. The van der Waals surface area contributed by atoms with Crippen LogP contribution in [0.3, 0.4) is 0 Å². The van der Waals surface area contributed by atoms with Crippen LogP contribution in [0.15, 0.2) is 24.3 Å². The van der Waals surface area contributed by atoms with Gasteiger partial charge in [0.2, 0.25) is 5.75 Å². The van der Waals surface area contributed by atoms with Crippen LogP contribution in [0, 0.1) is 13.8 Å².